The van der Waals surface area contributed by atoms with Crippen LogP contribution in [0.1, 0.15) is 63.0 Å². The summed E-state index contributed by atoms with van der Waals surface area (Å²) in [7, 11) is 1.43. The number of ketones is 1. The van der Waals surface area contributed by atoms with Crippen LogP contribution >= 0.6 is 0 Å². The first-order chi connectivity index (χ1) is 15.7. The van der Waals surface area contributed by atoms with Crippen molar-refractivity contribution in [3.63, 3.8) is 0 Å². The van der Waals surface area contributed by atoms with E-state index in [-0.39, 0.29) is 29.2 Å². The van der Waals surface area contributed by atoms with Gasteiger partial charge < -0.3 is 28.8 Å². The van der Waals surface area contributed by atoms with Crippen LogP contribution in [0.15, 0.2) is 36.4 Å². The van der Waals surface area contributed by atoms with Crippen molar-refractivity contribution < 1.29 is 43.2 Å². The van der Waals surface area contributed by atoms with Crippen molar-refractivity contribution in [3.8, 4) is 17.2 Å². The fourth-order valence-corrected chi connectivity index (χ4v) is 2.71. The number of hydrogen-bond donors (Lipinski definition) is 1. The minimum atomic E-state index is -1.02. The first kappa shape index (κ1) is 26.7. The Morgan fingerprint density at radius 1 is 0.765 bits per heavy atom. The van der Waals surface area contributed by atoms with Gasteiger partial charge in [-0.1, -0.05) is 6.07 Å². The molecule has 9 heteroatoms. The second kappa shape index (κ2) is 10.6. The second-order valence-electron chi connectivity index (χ2n) is 9.31. The fraction of sp³-hybridized carbons (Fsp3) is 0.400. The number of hydrogen-bond acceptors (Lipinski definition) is 9. The molecule has 0 spiro atoms. The Morgan fingerprint density at radius 2 is 1.24 bits per heavy atom. The maximum absolute atomic E-state index is 13.5. The zero-order valence-corrected chi connectivity index (χ0v) is 20.4. The Bertz CT molecular complexity index is 976. The molecule has 0 atom stereocenters. The average molecular weight is 475 g/mol. The molecule has 0 aromatic heterocycles. The summed E-state index contributed by atoms with van der Waals surface area (Å²) in [6.07, 6.45) is -2.02. The lowest BCUT2D eigenvalue weighted by Gasteiger charge is -2.20. The summed E-state index contributed by atoms with van der Waals surface area (Å²) in [6.45, 7) is 9.69. The van der Waals surface area contributed by atoms with Crippen molar-refractivity contribution in [1.29, 1.82) is 0 Å². The number of rotatable bonds is 6. The van der Waals surface area contributed by atoms with Gasteiger partial charge in [0.15, 0.2) is 0 Å². The van der Waals surface area contributed by atoms with Crippen LogP contribution in [0.25, 0.3) is 0 Å². The van der Waals surface area contributed by atoms with Crippen molar-refractivity contribution >= 4 is 18.1 Å². The predicted molar refractivity (Wildman–Crippen MR) is 123 cm³/mol. The third-order valence-corrected chi connectivity index (χ3v) is 4.07. The Morgan fingerprint density at radius 3 is 1.68 bits per heavy atom. The van der Waals surface area contributed by atoms with E-state index in [4.69, 9.17) is 23.7 Å². The van der Waals surface area contributed by atoms with Crippen LogP contribution in [0, 0.1) is 0 Å². The van der Waals surface area contributed by atoms with E-state index in [2.05, 4.69) is 0 Å². The topological polar surface area (TPSA) is 118 Å². The molecule has 0 aliphatic carbocycles. The van der Waals surface area contributed by atoms with E-state index in [0.29, 0.717) is 11.3 Å². The molecule has 2 rings (SSSR count). The van der Waals surface area contributed by atoms with Gasteiger partial charge in [0.1, 0.15) is 28.5 Å². The fourth-order valence-electron chi connectivity index (χ4n) is 2.71. The summed E-state index contributed by atoms with van der Waals surface area (Å²) in [4.78, 5) is 38.0. The van der Waals surface area contributed by atoms with E-state index < -0.39 is 29.3 Å². The first-order valence-corrected chi connectivity index (χ1v) is 10.5. The van der Waals surface area contributed by atoms with E-state index in [1.807, 2.05) is 0 Å². The lowest BCUT2D eigenvalue weighted by atomic mass is 10.00. The van der Waals surface area contributed by atoms with Gasteiger partial charge in [-0.2, -0.15) is 0 Å². The highest BCUT2D eigenvalue weighted by Gasteiger charge is 2.26. The number of aliphatic hydroxyl groups is 1. The van der Waals surface area contributed by atoms with Crippen molar-refractivity contribution in [1.82, 2.24) is 0 Å². The van der Waals surface area contributed by atoms with Crippen LogP contribution in [-0.2, 0) is 16.1 Å². The summed E-state index contributed by atoms with van der Waals surface area (Å²) in [5, 5.41) is 9.48. The van der Waals surface area contributed by atoms with E-state index in [0.717, 1.165) is 0 Å². The molecule has 0 saturated heterocycles. The average Bonchev–Trinajstić information content (AvgIpc) is 2.70. The zero-order chi connectivity index (χ0) is 25.7. The van der Waals surface area contributed by atoms with E-state index >= 15 is 0 Å². The Hall–Kier alpha value is -3.59. The summed E-state index contributed by atoms with van der Waals surface area (Å²) >= 11 is 0. The Kier molecular flexibility index (Phi) is 8.28. The number of ether oxygens (including phenoxy) is 5. The quantitative estimate of drug-likeness (QED) is 0.349. The van der Waals surface area contributed by atoms with Crippen LogP contribution in [0.2, 0.25) is 0 Å². The van der Waals surface area contributed by atoms with Gasteiger partial charge in [-0.25, -0.2) is 9.59 Å². The van der Waals surface area contributed by atoms with Crippen molar-refractivity contribution in [3.05, 3.63) is 53.1 Å². The highest BCUT2D eigenvalue weighted by atomic mass is 16.7. The van der Waals surface area contributed by atoms with Crippen LogP contribution in [-0.4, -0.2) is 41.5 Å². The minimum absolute atomic E-state index is 0.00236. The number of methoxy groups -OCH3 is 1. The predicted octanol–water partition coefficient (Wildman–Crippen LogP) is 5.05. The van der Waals surface area contributed by atoms with Gasteiger partial charge in [0.05, 0.1) is 24.8 Å². The van der Waals surface area contributed by atoms with Crippen LogP contribution in [0.3, 0.4) is 0 Å². The molecule has 2 aromatic rings. The van der Waals surface area contributed by atoms with E-state index in [1.165, 1.54) is 43.5 Å². The molecule has 0 fully saturated rings. The van der Waals surface area contributed by atoms with Crippen LogP contribution in [0.5, 0.6) is 17.2 Å². The molecule has 0 unspecified atom stereocenters. The van der Waals surface area contributed by atoms with Crippen molar-refractivity contribution in [2.75, 3.05) is 7.11 Å². The number of benzene rings is 2. The highest BCUT2D eigenvalue weighted by Crippen LogP contribution is 2.31. The molecule has 184 valence electrons. The van der Waals surface area contributed by atoms with Gasteiger partial charge >= 0.3 is 12.3 Å². The maximum Gasteiger partial charge on any atom is 0.514 e. The second-order valence-corrected chi connectivity index (χ2v) is 9.31. The van der Waals surface area contributed by atoms with Crippen molar-refractivity contribution in [2.24, 2.45) is 0 Å². The third kappa shape index (κ3) is 7.77. The molecule has 0 amide bonds. The van der Waals surface area contributed by atoms with E-state index in [1.54, 1.807) is 41.5 Å². The smallest absolute Gasteiger partial charge is 0.497 e. The molecule has 1 N–H and O–H groups in total. The molecule has 0 heterocycles. The molecule has 34 heavy (non-hydrogen) atoms. The van der Waals surface area contributed by atoms with Gasteiger partial charge in [-0.3, -0.25) is 4.79 Å². The molecule has 0 aliphatic rings. The largest absolute Gasteiger partial charge is 0.514 e. The monoisotopic (exact) mass is 474 g/mol. The van der Waals surface area contributed by atoms with Gasteiger partial charge in [0.2, 0.25) is 5.78 Å². The zero-order valence-electron chi connectivity index (χ0n) is 20.4. The lowest BCUT2D eigenvalue weighted by Crippen LogP contribution is -2.27. The first-order valence-electron chi connectivity index (χ1n) is 10.5. The number of aliphatic hydroxyl groups excluding tert-OH is 1. The number of carbonyl (C=O) groups is 3. The summed E-state index contributed by atoms with van der Waals surface area (Å²) in [5.74, 6) is -0.488. The van der Waals surface area contributed by atoms with E-state index in [9.17, 15) is 19.5 Å². The maximum atomic E-state index is 13.5. The molecule has 0 radical (unpaired) electrons. The van der Waals surface area contributed by atoms with Gasteiger partial charge in [-0.05, 0) is 71.4 Å². The molecule has 9 nitrogen and oxygen atoms in total. The molecule has 0 aliphatic heterocycles. The number of carbonyl (C=O) groups excluding carboxylic acids is 3. The molecule has 0 saturated carbocycles. The summed E-state index contributed by atoms with van der Waals surface area (Å²) in [5.41, 5.74) is -1.23. The van der Waals surface area contributed by atoms with Crippen molar-refractivity contribution in [2.45, 2.75) is 59.4 Å². The molecule has 0 bridgehead atoms. The minimum Gasteiger partial charge on any atom is -0.497 e. The van der Waals surface area contributed by atoms with Gasteiger partial charge in [0.25, 0.3) is 0 Å². The Labute approximate surface area is 198 Å². The summed E-state index contributed by atoms with van der Waals surface area (Å²) in [6, 6.07) is 8.56. The molecular weight excluding hydrogens is 444 g/mol. The summed E-state index contributed by atoms with van der Waals surface area (Å²) < 4.78 is 26.1. The third-order valence-electron chi connectivity index (χ3n) is 4.07. The van der Waals surface area contributed by atoms with Crippen LogP contribution in [0.4, 0.5) is 9.59 Å². The molecule has 2 aromatic carbocycles. The van der Waals surface area contributed by atoms with Gasteiger partial charge in [0, 0.05) is 6.07 Å². The SMILES string of the molecule is COc1ccc(C(=O)c2ccc(CO)cc2OC(=O)OC(C)(C)C)c(OC(=O)OC(C)(C)C)c1. The Balaban J connectivity index is 2.48. The standard InChI is InChI=1S/C25H30O9/c1-24(2,3)33-22(28)31-19-12-15(14-26)8-10-17(19)21(27)18-11-9-16(30-7)13-20(18)32-23(29)34-25(4,5)6/h8-13,26H,14H2,1-7H3. The normalized spacial score (nSPS) is 11.4. The molecular formula is C25H30O9. The van der Waals surface area contributed by atoms with Crippen LogP contribution < -0.4 is 14.2 Å². The van der Waals surface area contributed by atoms with Gasteiger partial charge in [-0.15, -0.1) is 0 Å². The lowest BCUT2D eigenvalue weighted by molar-refractivity contribution is 0.0193. The highest BCUT2D eigenvalue weighted by molar-refractivity contribution is 6.13.